The number of benzene rings is 2. The Morgan fingerprint density at radius 1 is 1.00 bits per heavy atom. The van der Waals surface area contributed by atoms with Gasteiger partial charge in [0, 0.05) is 23.5 Å². The molecule has 0 N–H and O–H groups in total. The molecule has 9 nitrogen and oxygen atoms in total. The van der Waals surface area contributed by atoms with Gasteiger partial charge in [0.2, 0.25) is 5.78 Å². The molecule has 0 spiro atoms. The predicted octanol–water partition coefficient (Wildman–Crippen LogP) is 4.55. The zero-order valence-corrected chi connectivity index (χ0v) is 22.7. The fourth-order valence-corrected chi connectivity index (χ4v) is 6.39. The van der Waals surface area contributed by atoms with Crippen LogP contribution in [0.15, 0.2) is 76.2 Å². The smallest absolute Gasteiger partial charge is 0.342 e. The van der Waals surface area contributed by atoms with Gasteiger partial charge in [0.25, 0.3) is 10.0 Å². The van der Waals surface area contributed by atoms with Crippen LogP contribution in [0, 0.1) is 13.8 Å². The maximum atomic E-state index is 13.5. The van der Waals surface area contributed by atoms with Gasteiger partial charge < -0.3 is 18.5 Å². The van der Waals surface area contributed by atoms with E-state index in [2.05, 4.69) is 0 Å². The van der Waals surface area contributed by atoms with Crippen LogP contribution in [0.2, 0.25) is 0 Å². The van der Waals surface area contributed by atoms with E-state index in [1.54, 1.807) is 30.5 Å². The van der Waals surface area contributed by atoms with E-state index in [0.717, 1.165) is 22.7 Å². The van der Waals surface area contributed by atoms with Gasteiger partial charge in [0.05, 0.1) is 30.5 Å². The van der Waals surface area contributed by atoms with Crippen molar-refractivity contribution in [3.63, 3.8) is 0 Å². The molecule has 2 aromatic heterocycles. The van der Waals surface area contributed by atoms with Crippen molar-refractivity contribution in [3.8, 4) is 5.75 Å². The second kappa shape index (κ2) is 10.5. The van der Waals surface area contributed by atoms with Crippen LogP contribution in [0.5, 0.6) is 5.75 Å². The van der Waals surface area contributed by atoms with Crippen molar-refractivity contribution in [1.82, 2.24) is 4.57 Å². The third-order valence-electron chi connectivity index (χ3n) is 6.93. The number of fused-ring (bicyclic) bond motifs is 1. The van der Waals surface area contributed by atoms with Crippen molar-refractivity contribution < 1.29 is 31.9 Å². The molecule has 2 aromatic carbocycles. The second-order valence-electron chi connectivity index (χ2n) is 9.27. The number of esters is 1. The van der Waals surface area contributed by atoms with Crippen LogP contribution in [0.1, 0.15) is 43.4 Å². The molecular weight excluding hydrogens is 520 g/mol. The highest BCUT2D eigenvalue weighted by molar-refractivity contribution is 7.92. The number of methoxy groups -OCH3 is 1. The lowest BCUT2D eigenvalue weighted by Gasteiger charge is -2.20. The number of para-hydroxylation sites is 1. The molecule has 0 aliphatic carbocycles. The number of hydrogen-bond donors (Lipinski definition) is 0. The summed E-state index contributed by atoms with van der Waals surface area (Å²) in [5, 5.41) is 0. The van der Waals surface area contributed by atoms with Gasteiger partial charge in [-0.2, -0.15) is 0 Å². The van der Waals surface area contributed by atoms with Gasteiger partial charge in [-0.25, -0.2) is 13.2 Å². The maximum absolute atomic E-state index is 13.5. The van der Waals surface area contributed by atoms with E-state index in [1.807, 2.05) is 36.6 Å². The fraction of sp³-hybridized carbons (Fsp3) is 0.241. The van der Waals surface area contributed by atoms with E-state index in [0.29, 0.717) is 30.8 Å². The van der Waals surface area contributed by atoms with Gasteiger partial charge in [-0.1, -0.05) is 18.2 Å². The molecule has 39 heavy (non-hydrogen) atoms. The van der Waals surface area contributed by atoms with E-state index in [-0.39, 0.29) is 22.0 Å². The molecule has 0 unspecified atom stereocenters. The summed E-state index contributed by atoms with van der Waals surface area (Å²) in [6.07, 6.45) is 2.19. The molecule has 10 heteroatoms. The third kappa shape index (κ3) is 4.95. The Labute approximate surface area is 226 Å². The lowest BCUT2D eigenvalue weighted by molar-refractivity contribution is 0.0471. The van der Waals surface area contributed by atoms with Gasteiger partial charge >= 0.3 is 5.97 Å². The summed E-state index contributed by atoms with van der Waals surface area (Å²) in [5.41, 5.74) is 3.50. The number of furan rings is 1. The van der Waals surface area contributed by atoms with Gasteiger partial charge in [-0.15, -0.1) is 0 Å². The number of Topliss-reactive ketones (excluding diaryl/α,β-unsaturated/α-hetero) is 1. The summed E-state index contributed by atoms with van der Waals surface area (Å²) in [5.74, 6) is -0.339. The molecule has 0 saturated carbocycles. The number of aromatic nitrogens is 1. The van der Waals surface area contributed by atoms with Crippen LogP contribution in [-0.2, 0) is 27.7 Å². The number of ketones is 1. The SMILES string of the molecule is COc1ccc(S(=O)(=O)N2CCc3ccccc32)cc1C(=O)OCC(=O)c1cc(C)n(Cc2ccco2)c1C. The highest BCUT2D eigenvalue weighted by Gasteiger charge is 2.32. The van der Waals surface area contributed by atoms with Crippen molar-refractivity contribution in [2.45, 2.75) is 31.7 Å². The molecule has 4 aromatic rings. The molecule has 0 radical (unpaired) electrons. The first kappa shape index (κ1) is 26.3. The van der Waals surface area contributed by atoms with E-state index in [4.69, 9.17) is 13.9 Å². The van der Waals surface area contributed by atoms with Crippen molar-refractivity contribution in [2.24, 2.45) is 0 Å². The van der Waals surface area contributed by atoms with Crippen LogP contribution in [0.3, 0.4) is 0 Å². The number of ether oxygens (including phenoxy) is 2. The number of nitrogens with zero attached hydrogens (tertiary/aromatic N) is 2. The van der Waals surface area contributed by atoms with E-state index >= 15 is 0 Å². The first-order valence-electron chi connectivity index (χ1n) is 12.4. The Kier molecular flexibility index (Phi) is 7.05. The highest BCUT2D eigenvalue weighted by atomic mass is 32.2. The van der Waals surface area contributed by atoms with E-state index in [9.17, 15) is 18.0 Å². The first-order valence-corrected chi connectivity index (χ1v) is 13.8. The van der Waals surface area contributed by atoms with Crippen LogP contribution >= 0.6 is 0 Å². The molecule has 3 heterocycles. The van der Waals surface area contributed by atoms with Crippen LogP contribution in [0.4, 0.5) is 5.69 Å². The Bertz CT molecular complexity index is 1650. The minimum Gasteiger partial charge on any atom is -0.496 e. The van der Waals surface area contributed by atoms with Crippen molar-refractivity contribution >= 4 is 27.5 Å². The Balaban J connectivity index is 1.34. The van der Waals surface area contributed by atoms with E-state index < -0.39 is 22.6 Å². The fourth-order valence-electron chi connectivity index (χ4n) is 4.86. The maximum Gasteiger partial charge on any atom is 0.342 e. The number of rotatable bonds is 9. The number of sulfonamides is 1. The average molecular weight is 549 g/mol. The van der Waals surface area contributed by atoms with Gasteiger partial charge in [0.1, 0.15) is 17.1 Å². The largest absolute Gasteiger partial charge is 0.496 e. The predicted molar refractivity (Wildman–Crippen MR) is 144 cm³/mol. The Hall–Kier alpha value is -4.31. The van der Waals surface area contributed by atoms with Crippen molar-refractivity contribution in [2.75, 3.05) is 24.6 Å². The molecule has 1 aliphatic heterocycles. The standard InChI is InChI=1S/C29H28N2O7S/c1-19-15-24(20(2)30(19)17-22-8-6-14-37-22)27(32)18-38-29(33)25-16-23(10-11-28(25)36-3)39(34,35)31-13-12-21-7-4-5-9-26(21)31/h4-11,14-16H,12-13,17-18H2,1-3H3. The Morgan fingerprint density at radius 3 is 2.54 bits per heavy atom. The monoisotopic (exact) mass is 548 g/mol. The lowest BCUT2D eigenvalue weighted by atomic mass is 10.1. The number of aryl methyl sites for hydroxylation is 1. The zero-order valence-electron chi connectivity index (χ0n) is 21.8. The van der Waals surface area contributed by atoms with E-state index in [1.165, 1.54) is 29.6 Å². The topological polar surface area (TPSA) is 108 Å². The highest BCUT2D eigenvalue weighted by Crippen LogP contribution is 2.34. The van der Waals surface area contributed by atoms with Gasteiger partial charge in [0.15, 0.2) is 6.61 Å². The van der Waals surface area contributed by atoms with Gasteiger partial charge in [-0.3, -0.25) is 9.10 Å². The molecule has 0 saturated heterocycles. The first-order chi connectivity index (χ1) is 18.7. The van der Waals surface area contributed by atoms with Gasteiger partial charge in [-0.05, 0) is 68.3 Å². The molecule has 0 fully saturated rings. The molecule has 0 atom stereocenters. The van der Waals surface area contributed by atoms with Crippen LogP contribution in [-0.4, -0.2) is 45.0 Å². The molecule has 5 rings (SSSR count). The molecule has 202 valence electrons. The number of hydrogen-bond acceptors (Lipinski definition) is 7. The normalized spacial score (nSPS) is 12.8. The van der Waals surface area contributed by atoms with Crippen molar-refractivity contribution in [1.29, 1.82) is 0 Å². The summed E-state index contributed by atoms with van der Waals surface area (Å²) in [6.45, 7) is 3.97. The molecule has 0 amide bonds. The number of anilines is 1. The summed E-state index contributed by atoms with van der Waals surface area (Å²) in [6, 6.07) is 16.7. The summed E-state index contributed by atoms with van der Waals surface area (Å²) in [7, 11) is -2.57. The minimum atomic E-state index is -3.94. The molecule has 0 bridgehead atoms. The zero-order chi connectivity index (χ0) is 27.7. The van der Waals surface area contributed by atoms with Crippen molar-refractivity contribution in [3.05, 3.63) is 101 Å². The quantitative estimate of drug-likeness (QED) is 0.223. The molecular formula is C29H28N2O7S. The average Bonchev–Trinajstić information content (AvgIpc) is 3.68. The lowest BCUT2D eigenvalue weighted by Crippen LogP contribution is -2.29. The molecule has 1 aliphatic rings. The van der Waals surface area contributed by atoms with Crippen LogP contribution in [0.25, 0.3) is 0 Å². The van der Waals surface area contributed by atoms with Crippen LogP contribution < -0.4 is 9.04 Å². The minimum absolute atomic E-state index is 0.0697. The number of carbonyl (C=O) groups is 2. The summed E-state index contributed by atoms with van der Waals surface area (Å²) in [4.78, 5) is 26.0. The third-order valence-corrected chi connectivity index (χ3v) is 8.74. The summed E-state index contributed by atoms with van der Waals surface area (Å²) >= 11 is 0. The summed E-state index contributed by atoms with van der Waals surface area (Å²) < 4.78 is 46.3. The second-order valence-corrected chi connectivity index (χ2v) is 11.1. The number of carbonyl (C=O) groups excluding carboxylic acids is 2. The Morgan fingerprint density at radius 2 is 1.79 bits per heavy atom.